The normalized spacial score (nSPS) is 10.9. The molecule has 33 heavy (non-hydrogen) atoms. The number of fused-ring (bicyclic) bond motifs is 1. The number of aromatic nitrogens is 2. The highest BCUT2D eigenvalue weighted by Gasteiger charge is 2.13. The third-order valence-corrected chi connectivity index (χ3v) is 5.62. The number of hydrogen-bond donors (Lipinski definition) is 1. The minimum Gasteiger partial charge on any atom is -0.497 e. The zero-order chi connectivity index (χ0) is 23.2. The van der Waals surface area contributed by atoms with E-state index < -0.39 is 0 Å². The van der Waals surface area contributed by atoms with Crippen molar-refractivity contribution >= 4 is 16.9 Å². The van der Waals surface area contributed by atoms with Crippen molar-refractivity contribution in [2.45, 2.75) is 33.4 Å². The van der Waals surface area contributed by atoms with E-state index in [0.29, 0.717) is 18.7 Å². The Bertz CT molecular complexity index is 1250. The number of rotatable bonds is 9. The Kier molecular flexibility index (Phi) is 6.93. The SMILES string of the molecule is COc1ccc(C(=O)NCc2nc3ccccc3n2CCCOc2cc(C)ccc2C)cc1. The van der Waals surface area contributed by atoms with Crippen LogP contribution in [0.2, 0.25) is 0 Å². The van der Waals surface area contributed by atoms with E-state index >= 15 is 0 Å². The molecule has 0 bridgehead atoms. The van der Waals surface area contributed by atoms with Crippen molar-refractivity contribution in [1.82, 2.24) is 14.9 Å². The topological polar surface area (TPSA) is 65.4 Å². The minimum atomic E-state index is -0.144. The van der Waals surface area contributed by atoms with E-state index in [4.69, 9.17) is 14.5 Å². The molecule has 6 heteroatoms. The second-order valence-electron chi connectivity index (χ2n) is 8.05. The molecule has 1 amide bonds. The predicted molar refractivity (Wildman–Crippen MR) is 130 cm³/mol. The third-order valence-electron chi connectivity index (χ3n) is 5.62. The lowest BCUT2D eigenvalue weighted by molar-refractivity contribution is 0.0949. The number of amides is 1. The summed E-state index contributed by atoms with van der Waals surface area (Å²) in [6.07, 6.45) is 0.827. The molecule has 6 nitrogen and oxygen atoms in total. The van der Waals surface area contributed by atoms with Gasteiger partial charge in [-0.1, -0.05) is 24.3 Å². The molecule has 1 heterocycles. The average Bonchev–Trinajstić information content (AvgIpc) is 3.19. The van der Waals surface area contributed by atoms with Crippen molar-refractivity contribution in [3.05, 3.63) is 89.2 Å². The second-order valence-corrected chi connectivity index (χ2v) is 8.05. The first-order chi connectivity index (χ1) is 16.0. The zero-order valence-electron chi connectivity index (χ0n) is 19.3. The molecule has 4 rings (SSSR count). The molecule has 0 saturated heterocycles. The van der Waals surface area contributed by atoms with Crippen molar-refractivity contribution in [2.24, 2.45) is 0 Å². The monoisotopic (exact) mass is 443 g/mol. The lowest BCUT2D eigenvalue weighted by Gasteiger charge is -2.13. The molecule has 1 N–H and O–H groups in total. The molecule has 170 valence electrons. The highest BCUT2D eigenvalue weighted by Crippen LogP contribution is 2.20. The molecule has 4 aromatic rings. The number of benzene rings is 3. The Labute approximate surface area is 194 Å². The number of nitrogens with zero attached hydrogens (tertiary/aromatic N) is 2. The summed E-state index contributed by atoms with van der Waals surface area (Å²) in [7, 11) is 1.60. The summed E-state index contributed by atoms with van der Waals surface area (Å²) in [5.41, 5.74) is 4.88. The fourth-order valence-corrected chi connectivity index (χ4v) is 3.78. The molecule has 0 aliphatic rings. The Morgan fingerprint density at radius 1 is 1.03 bits per heavy atom. The highest BCUT2D eigenvalue weighted by atomic mass is 16.5. The summed E-state index contributed by atoms with van der Waals surface area (Å²) in [6.45, 7) is 5.82. The van der Waals surface area contributed by atoms with E-state index in [0.717, 1.165) is 46.9 Å². The fourth-order valence-electron chi connectivity index (χ4n) is 3.78. The zero-order valence-corrected chi connectivity index (χ0v) is 19.3. The van der Waals surface area contributed by atoms with Gasteiger partial charge in [-0.05, 0) is 73.9 Å². The lowest BCUT2D eigenvalue weighted by atomic mass is 10.1. The van der Waals surface area contributed by atoms with Gasteiger partial charge in [0.1, 0.15) is 17.3 Å². The number of hydrogen-bond acceptors (Lipinski definition) is 4. The summed E-state index contributed by atoms with van der Waals surface area (Å²) in [5.74, 6) is 2.33. The Balaban J connectivity index is 1.42. The first kappa shape index (κ1) is 22.4. The largest absolute Gasteiger partial charge is 0.497 e. The van der Waals surface area contributed by atoms with Crippen LogP contribution in [-0.2, 0) is 13.1 Å². The van der Waals surface area contributed by atoms with Crippen molar-refractivity contribution in [3.63, 3.8) is 0 Å². The number of methoxy groups -OCH3 is 1. The molecule has 0 saturated carbocycles. The number of nitrogens with one attached hydrogen (secondary N) is 1. The predicted octanol–water partition coefficient (Wildman–Crippen LogP) is 5.06. The van der Waals surface area contributed by atoms with Crippen LogP contribution in [0.4, 0.5) is 0 Å². The standard InChI is InChI=1S/C27H29N3O3/c1-19-9-10-20(2)25(17-19)33-16-6-15-30-24-8-5-4-7-23(24)29-26(30)18-28-27(31)21-11-13-22(32-3)14-12-21/h4-5,7-14,17H,6,15-16,18H2,1-3H3,(H,28,31). The number of carbonyl (C=O) groups is 1. The summed E-state index contributed by atoms with van der Waals surface area (Å²) < 4.78 is 13.4. The van der Waals surface area contributed by atoms with Crippen LogP contribution in [0.5, 0.6) is 11.5 Å². The van der Waals surface area contributed by atoms with Crippen LogP contribution < -0.4 is 14.8 Å². The number of carbonyl (C=O) groups excluding carboxylic acids is 1. The number of ether oxygens (including phenoxy) is 2. The fraction of sp³-hybridized carbons (Fsp3) is 0.259. The van der Waals surface area contributed by atoms with E-state index in [2.05, 4.69) is 48.0 Å². The number of imidazole rings is 1. The second kappa shape index (κ2) is 10.2. The maximum absolute atomic E-state index is 12.6. The van der Waals surface area contributed by atoms with Crippen LogP contribution in [0.25, 0.3) is 11.0 Å². The van der Waals surface area contributed by atoms with Gasteiger partial charge in [-0.3, -0.25) is 4.79 Å². The highest BCUT2D eigenvalue weighted by molar-refractivity contribution is 5.94. The van der Waals surface area contributed by atoms with E-state index in [9.17, 15) is 4.79 Å². The Morgan fingerprint density at radius 2 is 1.82 bits per heavy atom. The molecule has 0 atom stereocenters. The smallest absolute Gasteiger partial charge is 0.251 e. The van der Waals surface area contributed by atoms with E-state index in [1.54, 1.807) is 31.4 Å². The Morgan fingerprint density at radius 3 is 2.61 bits per heavy atom. The van der Waals surface area contributed by atoms with Crippen LogP contribution in [0.15, 0.2) is 66.7 Å². The molecule has 1 aromatic heterocycles. The molecule has 0 aliphatic heterocycles. The van der Waals surface area contributed by atoms with Gasteiger partial charge in [0, 0.05) is 12.1 Å². The van der Waals surface area contributed by atoms with Gasteiger partial charge in [-0.25, -0.2) is 4.98 Å². The summed E-state index contributed by atoms with van der Waals surface area (Å²) >= 11 is 0. The van der Waals surface area contributed by atoms with Crippen LogP contribution in [0.1, 0.15) is 33.7 Å². The van der Waals surface area contributed by atoms with E-state index in [-0.39, 0.29) is 5.91 Å². The van der Waals surface area contributed by atoms with Crippen LogP contribution in [0.3, 0.4) is 0 Å². The quantitative estimate of drug-likeness (QED) is 0.367. The average molecular weight is 444 g/mol. The maximum Gasteiger partial charge on any atom is 0.251 e. The van der Waals surface area contributed by atoms with E-state index in [1.807, 2.05) is 18.2 Å². The van der Waals surface area contributed by atoms with Crippen molar-refractivity contribution in [1.29, 1.82) is 0 Å². The van der Waals surface area contributed by atoms with Gasteiger partial charge >= 0.3 is 0 Å². The minimum absolute atomic E-state index is 0.144. The molecule has 3 aromatic carbocycles. The van der Waals surface area contributed by atoms with Crippen LogP contribution >= 0.6 is 0 Å². The lowest BCUT2D eigenvalue weighted by Crippen LogP contribution is -2.25. The van der Waals surface area contributed by atoms with Gasteiger partial charge in [-0.2, -0.15) is 0 Å². The molecular formula is C27H29N3O3. The van der Waals surface area contributed by atoms with Crippen molar-refractivity contribution < 1.29 is 14.3 Å². The van der Waals surface area contributed by atoms with Gasteiger partial charge in [0.25, 0.3) is 5.91 Å². The van der Waals surface area contributed by atoms with Gasteiger partial charge in [-0.15, -0.1) is 0 Å². The maximum atomic E-state index is 12.6. The summed E-state index contributed by atoms with van der Waals surface area (Å²) in [6, 6.07) is 21.3. The van der Waals surface area contributed by atoms with Gasteiger partial charge < -0.3 is 19.4 Å². The summed E-state index contributed by atoms with van der Waals surface area (Å²) in [5, 5.41) is 2.99. The first-order valence-corrected chi connectivity index (χ1v) is 11.1. The molecule has 0 unspecified atom stereocenters. The molecule has 0 spiro atoms. The summed E-state index contributed by atoms with van der Waals surface area (Å²) in [4.78, 5) is 17.4. The molecule has 0 aliphatic carbocycles. The Hall–Kier alpha value is -3.80. The third kappa shape index (κ3) is 5.34. The van der Waals surface area contributed by atoms with Crippen molar-refractivity contribution in [2.75, 3.05) is 13.7 Å². The van der Waals surface area contributed by atoms with Gasteiger partial charge in [0.05, 0.1) is 31.3 Å². The molecule has 0 fully saturated rings. The van der Waals surface area contributed by atoms with E-state index in [1.165, 1.54) is 5.56 Å². The number of aryl methyl sites for hydroxylation is 3. The van der Waals surface area contributed by atoms with Crippen LogP contribution in [-0.4, -0.2) is 29.2 Å². The van der Waals surface area contributed by atoms with Gasteiger partial charge in [0.15, 0.2) is 0 Å². The van der Waals surface area contributed by atoms with Gasteiger partial charge in [0.2, 0.25) is 0 Å². The molecular weight excluding hydrogens is 414 g/mol. The van der Waals surface area contributed by atoms with Crippen molar-refractivity contribution in [3.8, 4) is 11.5 Å². The molecule has 0 radical (unpaired) electrons. The number of para-hydroxylation sites is 2. The first-order valence-electron chi connectivity index (χ1n) is 11.1. The van der Waals surface area contributed by atoms with Crippen LogP contribution in [0, 0.1) is 13.8 Å².